The second-order valence-electron chi connectivity index (χ2n) is 7.04. The zero-order valence-corrected chi connectivity index (χ0v) is 16.5. The van der Waals surface area contributed by atoms with Gasteiger partial charge in [0.15, 0.2) is 5.78 Å². The van der Waals surface area contributed by atoms with Crippen LogP contribution < -0.4 is 20.7 Å². The monoisotopic (exact) mass is 416 g/mol. The SMILES string of the molecule is COc1cccc2[nH]c(C(=O)NCC(=O)NC(C[C@@H]3CCNC3=O)C(=O)CO)cc12. The van der Waals surface area contributed by atoms with E-state index in [9.17, 15) is 19.2 Å². The first-order valence-electron chi connectivity index (χ1n) is 9.57. The van der Waals surface area contributed by atoms with Crippen LogP contribution in [0.4, 0.5) is 0 Å². The average Bonchev–Trinajstić information content (AvgIpc) is 3.36. The van der Waals surface area contributed by atoms with E-state index in [0.717, 1.165) is 5.39 Å². The van der Waals surface area contributed by atoms with E-state index in [2.05, 4.69) is 20.9 Å². The number of hydrogen-bond acceptors (Lipinski definition) is 6. The number of aliphatic hydroxyl groups excluding tert-OH is 1. The molecule has 0 radical (unpaired) electrons. The van der Waals surface area contributed by atoms with E-state index < -0.39 is 36.2 Å². The van der Waals surface area contributed by atoms with E-state index in [4.69, 9.17) is 9.84 Å². The van der Waals surface area contributed by atoms with Gasteiger partial charge in [-0.25, -0.2) is 0 Å². The van der Waals surface area contributed by atoms with Gasteiger partial charge in [-0.05, 0) is 31.0 Å². The van der Waals surface area contributed by atoms with Crippen molar-refractivity contribution in [1.82, 2.24) is 20.9 Å². The summed E-state index contributed by atoms with van der Waals surface area (Å²) < 4.78 is 5.26. The quantitative estimate of drug-likeness (QED) is 0.371. The fraction of sp³-hybridized carbons (Fsp3) is 0.400. The maximum atomic E-state index is 12.4. The molecule has 0 saturated carbocycles. The molecule has 0 spiro atoms. The number of amides is 3. The molecule has 2 aromatic rings. The minimum absolute atomic E-state index is 0.104. The third-order valence-electron chi connectivity index (χ3n) is 5.06. The lowest BCUT2D eigenvalue weighted by molar-refractivity contribution is -0.130. The molecule has 2 heterocycles. The van der Waals surface area contributed by atoms with Crippen LogP contribution in [-0.4, -0.2) is 66.4 Å². The van der Waals surface area contributed by atoms with Crippen molar-refractivity contribution in [2.24, 2.45) is 5.92 Å². The van der Waals surface area contributed by atoms with Gasteiger partial charge >= 0.3 is 0 Å². The van der Waals surface area contributed by atoms with E-state index in [1.807, 2.05) is 0 Å². The number of nitrogens with one attached hydrogen (secondary N) is 4. The van der Waals surface area contributed by atoms with Crippen molar-refractivity contribution in [3.63, 3.8) is 0 Å². The first kappa shape index (κ1) is 21.3. The van der Waals surface area contributed by atoms with E-state index in [0.29, 0.717) is 24.2 Å². The Hall–Kier alpha value is -3.40. The molecule has 0 aliphatic carbocycles. The fourth-order valence-electron chi connectivity index (χ4n) is 3.46. The van der Waals surface area contributed by atoms with Crippen molar-refractivity contribution in [1.29, 1.82) is 0 Å². The molecule has 1 unspecified atom stereocenters. The second kappa shape index (κ2) is 9.40. The summed E-state index contributed by atoms with van der Waals surface area (Å²) in [6.45, 7) is -0.594. The number of methoxy groups -OCH3 is 1. The number of rotatable bonds is 9. The van der Waals surface area contributed by atoms with Crippen LogP contribution in [0.3, 0.4) is 0 Å². The van der Waals surface area contributed by atoms with Crippen LogP contribution in [0.1, 0.15) is 23.3 Å². The van der Waals surface area contributed by atoms with Crippen molar-refractivity contribution < 1.29 is 29.0 Å². The molecule has 160 valence electrons. The number of fused-ring (bicyclic) bond motifs is 1. The predicted molar refractivity (Wildman–Crippen MR) is 107 cm³/mol. The van der Waals surface area contributed by atoms with E-state index in [-0.39, 0.29) is 24.6 Å². The van der Waals surface area contributed by atoms with Crippen molar-refractivity contribution in [3.8, 4) is 5.75 Å². The Morgan fingerprint density at radius 3 is 2.80 bits per heavy atom. The molecule has 1 aliphatic heterocycles. The number of carbonyl (C=O) groups is 4. The highest BCUT2D eigenvalue weighted by atomic mass is 16.5. The normalized spacial score (nSPS) is 16.7. The lowest BCUT2D eigenvalue weighted by atomic mass is 9.96. The van der Waals surface area contributed by atoms with Gasteiger partial charge in [0.2, 0.25) is 11.8 Å². The molecule has 10 nitrogen and oxygen atoms in total. The average molecular weight is 416 g/mol. The fourth-order valence-corrected chi connectivity index (χ4v) is 3.46. The van der Waals surface area contributed by atoms with Crippen LogP contribution in [0.2, 0.25) is 0 Å². The van der Waals surface area contributed by atoms with Gasteiger partial charge in [-0.1, -0.05) is 6.07 Å². The van der Waals surface area contributed by atoms with Crippen molar-refractivity contribution in [3.05, 3.63) is 30.0 Å². The van der Waals surface area contributed by atoms with Gasteiger partial charge in [0.1, 0.15) is 18.1 Å². The first-order valence-corrected chi connectivity index (χ1v) is 9.57. The van der Waals surface area contributed by atoms with Crippen LogP contribution in [0.5, 0.6) is 5.75 Å². The predicted octanol–water partition coefficient (Wildman–Crippen LogP) is -0.521. The molecule has 30 heavy (non-hydrogen) atoms. The standard InChI is InChI=1S/C20H24N4O6/c1-30-17-4-2-3-13-12(17)8-15(23-13)20(29)22-9-18(27)24-14(16(26)10-25)7-11-5-6-21-19(11)28/h2-4,8,11,14,23,25H,5-7,9-10H2,1H3,(H,21,28)(H,22,29)(H,24,27)/t11-,14?/m0/s1. The number of aromatic nitrogens is 1. The van der Waals surface area contributed by atoms with Crippen molar-refractivity contribution in [2.45, 2.75) is 18.9 Å². The summed E-state index contributed by atoms with van der Waals surface area (Å²) >= 11 is 0. The van der Waals surface area contributed by atoms with Crippen molar-refractivity contribution in [2.75, 3.05) is 26.8 Å². The van der Waals surface area contributed by atoms with Crippen LogP contribution >= 0.6 is 0 Å². The number of aliphatic hydroxyl groups is 1. The third kappa shape index (κ3) is 4.77. The number of carbonyl (C=O) groups excluding carboxylic acids is 4. The molecule has 10 heteroatoms. The summed E-state index contributed by atoms with van der Waals surface area (Å²) in [4.78, 5) is 51.3. The molecule has 3 amide bonds. The summed E-state index contributed by atoms with van der Waals surface area (Å²) in [5, 5.41) is 17.5. The molecule has 1 saturated heterocycles. The summed E-state index contributed by atoms with van der Waals surface area (Å²) in [7, 11) is 1.53. The van der Waals surface area contributed by atoms with Crippen LogP contribution in [0.15, 0.2) is 24.3 Å². The number of benzene rings is 1. The Morgan fingerprint density at radius 1 is 1.33 bits per heavy atom. The van der Waals surface area contributed by atoms with Crippen LogP contribution in [0.25, 0.3) is 10.9 Å². The maximum Gasteiger partial charge on any atom is 0.268 e. The van der Waals surface area contributed by atoms with Crippen LogP contribution in [-0.2, 0) is 14.4 Å². The molecule has 5 N–H and O–H groups in total. The Bertz CT molecular complexity index is 969. The number of Topliss-reactive ketones (excluding diaryl/α,β-unsaturated/α-hetero) is 1. The van der Waals surface area contributed by atoms with Gasteiger partial charge in [-0.15, -0.1) is 0 Å². The minimum atomic E-state index is -0.995. The molecule has 1 aromatic heterocycles. The van der Waals surface area contributed by atoms with Gasteiger partial charge in [-0.2, -0.15) is 0 Å². The van der Waals surface area contributed by atoms with Gasteiger partial charge in [0.05, 0.1) is 19.7 Å². The molecule has 2 atom stereocenters. The number of aromatic amines is 1. The molecule has 3 rings (SSSR count). The minimum Gasteiger partial charge on any atom is -0.496 e. The highest BCUT2D eigenvalue weighted by Gasteiger charge is 2.31. The van der Waals surface area contributed by atoms with Gasteiger partial charge in [0, 0.05) is 23.4 Å². The van der Waals surface area contributed by atoms with E-state index in [1.165, 1.54) is 7.11 Å². The summed E-state index contributed by atoms with van der Waals surface area (Å²) in [5.74, 6) is -1.64. The zero-order chi connectivity index (χ0) is 21.7. The summed E-state index contributed by atoms with van der Waals surface area (Å²) in [6, 6.07) is 5.99. The van der Waals surface area contributed by atoms with E-state index in [1.54, 1.807) is 24.3 Å². The lowest BCUT2D eigenvalue weighted by Gasteiger charge is -2.19. The Morgan fingerprint density at radius 2 is 2.13 bits per heavy atom. The molecule has 0 bridgehead atoms. The highest BCUT2D eigenvalue weighted by molar-refractivity contribution is 6.01. The first-order chi connectivity index (χ1) is 14.4. The van der Waals surface area contributed by atoms with E-state index >= 15 is 0 Å². The van der Waals surface area contributed by atoms with Gasteiger partial charge < -0.3 is 30.8 Å². The topological polar surface area (TPSA) is 150 Å². The largest absolute Gasteiger partial charge is 0.496 e. The zero-order valence-electron chi connectivity index (χ0n) is 16.5. The summed E-state index contributed by atoms with van der Waals surface area (Å²) in [6.07, 6.45) is 0.664. The summed E-state index contributed by atoms with van der Waals surface area (Å²) in [5.41, 5.74) is 0.973. The number of H-pyrrole nitrogens is 1. The lowest BCUT2D eigenvalue weighted by Crippen LogP contribution is -2.47. The van der Waals surface area contributed by atoms with Crippen molar-refractivity contribution >= 4 is 34.4 Å². The second-order valence-corrected chi connectivity index (χ2v) is 7.04. The third-order valence-corrected chi connectivity index (χ3v) is 5.06. The molecule has 1 aliphatic rings. The number of ether oxygens (including phenoxy) is 1. The maximum absolute atomic E-state index is 12.4. The highest BCUT2D eigenvalue weighted by Crippen LogP contribution is 2.25. The Kier molecular flexibility index (Phi) is 6.68. The molecule has 1 aromatic carbocycles. The smallest absolute Gasteiger partial charge is 0.268 e. The Labute approximate surface area is 172 Å². The van der Waals surface area contributed by atoms with Gasteiger partial charge in [-0.3, -0.25) is 19.2 Å². The number of ketones is 1. The molecular formula is C20H24N4O6. The Balaban J connectivity index is 1.58. The molecule has 1 fully saturated rings. The van der Waals surface area contributed by atoms with Crippen LogP contribution in [0, 0.1) is 5.92 Å². The van der Waals surface area contributed by atoms with Gasteiger partial charge in [0.25, 0.3) is 5.91 Å². The number of hydrogen-bond donors (Lipinski definition) is 5. The molecular weight excluding hydrogens is 392 g/mol.